The largest absolute Gasteiger partial charge is 0.370 e. The highest BCUT2D eigenvalue weighted by Crippen LogP contribution is 2.37. The molecule has 3 rings (SSSR count). The fourth-order valence-corrected chi connectivity index (χ4v) is 2.70. The molecule has 3 aliphatic heterocycles. The molecule has 0 aromatic rings. The van der Waals surface area contributed by atoms with Crippen LogP contribution in [-0.4, -0.2) is 29.6 Å². The molecule has 1 atom stereocenters. The summed E-state index contributed by atoms with van der Waals surface area (Å²) in [5, 5.41) is 0. The summed E-state index contributed by atoms with van der Waals surface area (Å²) in [4.78, 5) is 13.1. The second kappa shape index (κ2) is 2.96. The second-order valence-electron chi connectivity index (χ2n) is 4.38. The summed E-state index contributed by atoms with van der Waals surface area (Å²) < 4.78 is 0. The molecule has 1 amide bonds. The summed E-state index contributed by atoms with van der Waals surface area (Å²) in [6.07, 6.45) is 3.72. The minimum atomic E-state index is -0.424. The molecule has 74 valence electrons. The zero-order valence-electron chi connectivity index (χ0n) is 7.83. The normalized spacial score (nSPS) is 43.5. The van der Waals surface area contributed by atoms with E-state index in [1.54, 1.807) is 0 Å². The van der Waals surface area contributed by atoms with Crippen LogP contribution in [0.5, 0.6) is 0 Å². The molecule has 0 aromatic carbocycles. The molecule has 13 heavy (non-hydrogen) atoms. The van der Waals surface area contributed by atoms with Crippen molar-refractivity contribution >= 4 is 5.91 Å². The summed E-state index contributed by atoms with van der Waals surface area (Å²) in [7, 11) is 0. The van der Waals surface area contributed by atoms with Crippen molar-refractivity contribution < 1.29 is 4.79 Å². The number of hydrogen-bond acceptors (Lipinski definition) is 3. The van der Waals surface area contributed by atoms with Crippen molar-refractivity contribution in [1.82, 2.24) is 4.90 Å². The van der Waals surface area contributed by atoms with Crippen LogP contribution in [0.25, 0.3) is 0 Å². The highest BCUT2D eigenvalue weighted by Gasteiger charge is 2.43. The van der Waals surface area contributed by atoms with Crippen molar-refractivity contribution in [2.24, 2.45) is 17.4 Å². The van der Waals surface area contributed by atoms with Gasteiger partial charge in [-0.1, -0.05) is 0 Å². The molecule has 3 heterocycles. The van der Waals surface area contributed by atoms with Crippen LogP contribution in [0.1, 0.15) is 25.7 Å². The first-order chi connectivity index (χ1) is 6.10. The van der Waals surface area contributed by atoms with E-state index < -0.39 is 5.66 Å². The Hall–Kier alpha value is -0.610. The summed E-state index contributed by atoms with van der Waals surface area (Å²) in [6, 6.07) is 0. The topological polar surface area (TPSA) is 72.3 Å². The number of rotatable bonds is 2. The van der Waals surface area contributed by atoms with E-state index >= 15 is 0 Å². The summed E-state index contributed by atoms with van der Waals surface area (Å²) >= 11 is 0. The molecule has 2 bridgehead atoms. The van der Waals surface area contributed by atoms with E-state index in [0.717, 1.165) is 19.5 Å². The van der Waals surface area contributed by atoms with Crippen LogP contribution < -0.4 is 11.5 Å². The van der Waals surface area contributed by atoms with E-state index in [4.69, 9.17) is 11.5 Å². The van der Waals surface area contributed by atoms with E-state index in [1.807, 2.05) is 0 Å². The fraction of sp³-hybridized carbons (Fsp3) is 0.889. The maximum absolute atomic E-state index is 10.9. The van der Waals surface area contributed by atoms with Gasteiger partial charge in [-0.05, 0) is 25.2 Å². The van der Waals surface area contributed by atoms with Gasteiger partial charge in [0.2, 0.25) is 5.91 Å². The number of fused-ring (bicyclic) bond motifs is 3. The Bertz CT molecular complexity index is 223. The van der Waals surface area contributed by atoms with Gasteiger partial charge in [-0.25, -0.2) is 0 Å². The van der Waals surface area contributed by atoms with Crippen molar-refractivity contribution in [2.75, 3.05) is 13.1 Å². The van der Waals surface area contributed by atoms with E-state index in [2.05, 4.69) is 4.90 Å². The Morgan fingerprint density at radius 2 is 2.08 bits per heavy atom. The molecule has 3 saturated heterocycles. The highest BCUT2D eigenvalue weighted by atomic mass is 16.1. The van der Waals surface area contributed by atoms with E-state index in [9.17, 15) is 4.79 Å². The molecule has 3 aliphatic rings. The number of piperidine rings is 3. The minimum Gasteiger partial charge on any atom is -0.370 e. The molecule has 1 unspecified atom stereocenters. The van der Waals surface area contributed by atoms with Crippen LogP contribution in [0.4, 0.5) is 0 Å². The van der Waals surface area contributed by atoms with Gasteiger partial charge < -0.3 is 11.5 Å². The average molecular weight is 183 g/mol. The third-order valence-electron chi connectivity index (χ3n) is 3.37. The lowest BCUT2D eigenvalue weighted by atomic mass is 9.78. The number of carbonyl (C=O) groups excluding carboxylic acids is 1. The maximum Gasteiger partial charge on any atom is 0.220 e. The third-order valence-corrected chi connectivity index (χ3v) is 3.37. The van der Waals surface area contributed by atoms with Gasteiger partial charge in [0.05, 0.1) is 12.1 Å². The van der Waals surface area contributed by atoms with Gasteiger partial charge in [-0.2, -0.15) is 0 Å². The monoisotopic (exact) mass is 183 g/mol. The zero-order valence-corrected chi connectivity index (χ0v) is 7.83. The van der Waals surface area contributed by atoms with Crippen molar-refractivity contribution in [3.8, 4) is 0 Å². The summed E-state index contributed by atoms with van der Waals surface area (Å²) in [6.45, 7) is 2.07. The van der Waals surface area contributed by atoms with Gasteiger partial charge in [0.15, 0.2) is 0 Å². The van der Waals surface area contributed by atoms with Crippen LogP contribution in [0.3, 0.4) is 0 Å². The van der Waals surface area contributed by atoms with Crippen molar-refractivity contribution in [1.29, 1.82) is 0 Å². The average Bonchev–Trinajstić information content (AvgIpc) is 2.03. The smallest absolute Gasteiger partial charge is 0.220 e. The number of carbonyl (C=O) groups is 1. The van der Waals surface area contributed by atoms with Gasteiger partial charge in [-0.15, -0.1) is 0 Å². The molecule has 0 saturated carbocycles. The number of primary amides is 1. The molecule has 3 fully saturated rings. The van der Waals surface area contributed by atoms with E-state index in [-0.39, 0.29) is 5.91 Å². The standard InChI is InChI=1S/C9H17N3O/c10-8(13)6-9(11)5-7-1-3-12(9)4-2-7/h7H,1-6,11H2,(H2,10,13). The lowest BCUT2D eigenvalue weighted by Gasteiger charge is -2.52. The van der Waals surface area contributed by atoms with Crippen molar-refractivity contribution in [2.45, 2.75) is 31.3 Å². The Morgan fingerprint density at radius 1 is 1.46 bits per heavy atom. The number of nitrogens with two attached hydrogens (primary N) is 2. The van der Waals surface area contributed by atoms with Crippen LogP contribution in [0.2, 0.25) is 0 Å². The van der Waals surface area contributed by atoms with Crippen molar-refractivity contribution in [3.05, 3.63) is 0 Å². The van der Waals surface area contributed by atoms with Crippen LogP contribution in [0.15, 0.2) is 0 Å². The number of hydrogen-bond donors (Lipinski definition) is 2. The first-order valence-corrected chi connectivity index (χ1v) is 4.92. The molecule has 4 heteroatoms. The van der Waals surface area contributed by atoms with E-state index in [1.165, 1.54) is 12.8 Å². The molecule has 0 aliphatic carbocycles. The molecular formula is C9H17N3O. The fourth-order valence-electron chi connectivity index (χ4n) is 2.70. The number of nitrogens with zero attached hydrogens (tertiary/aromatic N) is 1. The predicted octanol–water partition coefficient (Wildman–Crippen LogP) is -0.368. The van der Waals surface area contributed by atoms with Crippen LogP contribution in [0, 0.1) is 5.92 Å². The Labute approximate surface area is 78.2 Å². The van der Waals surface area contributed by atoms with Gasteiger partial charge in [0.25, 0.3) is 0 Å². The first-order valence-electron chi connectivity index (χ1n) is 4.92. The van der Waals surface area contributed by atoms with Crippen LogP contribution >= 0.6 is 0 Å². The minimum absolute atomic E-state index is 0.282. The Kier molecular flexibility index (Phi) is 2.04. The maximum atomic E-state index is 10.9. The molecule has 0 spiro atoms. The highest BCUT2D eigenvalue weighted by molar-refractivity contribution is 5.75. The SMILES string of the molecule is NC(=O)CC1(N)CC2CCN1CC2. The summed E-state index contributed by atoms with van der Waals surface area (Å²) in [5.41, 5.74) is 10.9. The lowest BCUT2D eigenvalue weighted by Crippen LogP contribution is -2.65. The molecule has 4 nitrogen and oxygen atoms in total. The number of amides is 1. The van der Waals surface area contributed by atoms with Gasteiger partial charge in [0.1, 0.15) is 0 Å². The molecule has 4 N–H and O–H groups in total. The second-order valence-corrected chi connectivity index (χ2v) is 4.38. The first kappa shape index (κ1) is 8.97. The predicted molar refractivity (Wildman–Crippen MR) is 49.6 cm³/mol. The van der Waals surface area contributed by atoms with Crippen molar-refractivity contribution in [3.63, 3.8) is 0 Å². The van der Waals surface area contributed by atoms with Gasteiger partial charge in [0, 0.05) is 13.1 Å². The third kappa shape index (κ3) is 1.56. The Morgan fingerprint density at radius 3 is 2.46 bits per heavy atom. The van der Waals surface area contributed by atoms with Gasteiger partial charge >= 0.3 is 0 Å². The molecule has 0 aromatic heterocycles. The quantitative estimate of drug-likeness (QED) is 0.613. The summed E-state index contributed by atoms with van der Waals surface area (Å²) in [5.74, 6) is 0.435. The lowest BCUT2D eigenvalue weighted by molar-refractivity contribution is -0.124. The molecular weight excluding hydrogens is 166 g/mol. The van der Waals surface area contributed by atoms with Gasteiger partial charge in [-0.3, -0.25) is 9.69 Å². The van der Waals surface area contributed by atoms with E-state index in [0.29, 0.717) is 12.3 Å². The Balaban J connectivity index is 2.09. The molecule has 0 radical (unpaired) electrons. The van der Waals surface area contributed by atoms with Crippen LogP contribution in [-0.2, 0) is 4.79 Å². The zero-order chi connectivity index (χ0) is 9.47.